The molecule has 0 unspecified atom stereocenters. The number of carboxylic acids is 8. The maximum atomic E-state index is 9.88. The van der Waals surface area contributed by atoms with E-state index in [4.69, 9.17) is 43.4 Å². The molecule has 0 rings (SSSR count). The monoisotopic (exact) mass is 760 g/mol. The Hall–Kier alpha value is -1.44. The number of nitrogens with two attached hydrogens (primary N) is 4. The van der Waals surface area contributed by atoms with Gasteiger partial charge in [0, 0.05) is 49.9 Å². The number of hydrogen-bond acceptors (Lipinski definition) is 16. The number of rotatable bonds is 16. The molecule has 0 saturated carbocycles. The fourth-order valence-electron chi connectivity index (χ4n) is 1.59. The first-order chi connectivity index (χ1) is 18.1. The number of hydrogen-bond donors (Lipinski definition) is 8. The molecule has 0 bridgehead atoms. The van der Waals surface area contributed by atoms with Crippen molar-refractivity contribution >= 4 is 139 Å². The van der Waals surface area contributed by atoms with Gasteiger partial charge in [-0.15, -0.1) is 0 Å². The summed E-state index contributed by atoms with van der Waals surface area (Å²) >= 11 is 0. The van der Waals surface area contributed by atoms with Crippen LogP contribution >= 0.6 is 0 Å². The molecule has 232 valence electrons. The topological polar surface area (TPSA) is 414 Å². The van der Waals surface area contributed by atoms with Gasteiger partial charge in [0.2, 0.25) is 0 Å². The zero-order chi connectivity index (χ0) is 32.6. The Labute approximate surface area is 312 Å². The van der Waals surface area contributed by atoms with Gasteiger partial charge in [-0.25, -0.2) is 0 Å². The SMILES string of the molecule is N[C@@H](CCC(=O)O)C(=O)[O-].N[C@@H](CCC(=O)O)C(=O)[O-].N[C@@H](CCC(=O)O)C(=O)[O-].N[C@@H](CCC(=O)O)C(=O)[O-].[Sr+2].[Sr+2]. The van der Waals surface area contributed by atoms with Crippen molar-refractivity contribution in [2.45, 2.75) is 75.5 Å². The molecule has 0 fully saturated rings. The quantitative estimate of drug-likeness (QED) is 0.0677. The van der Waals surface area contributed by atoms with E-state index in [-0.39, 0.29) is 142 Å². The van der Waals surface area contributed by atoms with Crippen LogP contribution in [0, 0.1) is 0 Å². The molecular formula is C20H32N4O16Sr2. The second-order valence-electron chi connectivity index (χ2n) is 7.43. The van der Waals surface area contributed by atoms with Crippen molar-refractivity contribution in [2.24, 2.45) is 22.9 Å². The third kappa shape index (κ3) is 45.5. The first-order valence-corrected chi connectivity index (χ1v) is 10.9. The van der Waals surface area contributed by atoms with Crippen LogP contribution in [0.1, 0.15) is 51.4 Å². The van der Waals surface area contributed by atoms with Gasteiger partial charge in [-0.2, -0.15) is 0 Å². The van der Waals surface area contributed by atoms with E-state index >= 15 is 0 Å². The molecule has 4 atom stereocenters. The van der Waals surface area contributed by atoms with Gasteiger partial charge in [0.25, 0.3) is 0 Å². The number of carbonyl (C=O) groups excluding carboxylic acids is 4. The normalized spacial score (nSPS) is 11.9. The molecule has 0 aromatic heterocycles. The molecule has 12 N–H and O–H groups in total. The average Bonchev–Trinajstić information content (AvgIpc) is 2.83. The third-order valence-electron chi connectivity index (χ3n) is 3.89. The van der Waals surface area contributed by atoms with Gasteiger partial charge in [0.1, 0.15) is 0 Å². The zero-order valence-electron chi connectivity index (χ0n) is 22.4. The summed E-state index contributed by atoms with van der Waals surface area (Å²) in [5.74, 6) is -9.90. The van der Waals surface area contributed by atoms with E-state index in [9.17, 15) is 58.8 Å². The molecule has 0 heterocycles. The van der Waals surface area contributed by atoms with Crippen LogP contribution in [0.5, 0.6) is 0 Å². The Morgan fingerprint density at radius 1 is 0.405 bits per heavy atom. The minimum atomic E-state index is -1.42. The van der Waals surface area contributed by atoms with Gasteiger partial charge in [-0.1, -0.05) is 0 Å². The molecule has 22 heteroatoms. The van der Waals surface area contributed by atoms with Gasteiger partial charge in [0.15, 0.2) is 0 Å². The Morgan fingerprint density at radius 3 is 0.595 bits per heavy atom. The Kier molecular flexibility index (Phi) is 41.1. The van der Waals surface area contributed by atoms with Crippen LogP contribution in [-0.2, 0) is 38.4 Å². The van der Waals surface area contributed by atoms with Crippen molar-refractivity contribution in [3.05, 3.63) is 0 Å². The Bertz CT molecular complexity index is 726. The summed E-state index contributed by atoms with van der Waals surface area (Å²) in [7, 11) is 0. The van der Waals surface area contributed by atoms with Gasteiger partial charge < -0.3 is 83.0 Å². The Balaban J connectivity index is -0.000000101. The van der Waals surface area contributed by atoms with E-state index in [2.05, 4.69) is 0 Å². The fourth-order valence-corrected chi connectivity index (χ4v) is 1.59. The largest absolute Gasteiger partial charge is 2.00 e. The standard InChI is InChI=1S/4C5H9NO4.2Sr/c4*6-3(5(9)10)1-2-4(7)8;;/h4*3H,1-2,6H2,(H,7,8)(H,9,10);;/q;;;;2*+2/p-4/t4*3-;;/m0000../s1. The minimum Gasteiger partial charge on any atom is -0.548 e. The van der Waals surface area contributed by atoms with Gasteiger partial charge in [-0.3, -0.25) is 19.2 Å². The minimum absolute atomic E-state index is 0. The summed E-state index contributed by atoms with van der Waals surface area (Å²) < 4.78 is 0. The molecule has 0 aliphatic rings. The average molecular weight is 760 g/mol. The van der Waals surface area contributed by atoms with E-state index in [1.54, 1.807) is 0 Å². The fraction of sp³-hybridized carbons (Fsp3) is 0.600. The first-order valence-electron chi connectivity index (χ1n) is 10.9. The van der Waals surface area contributed by atoms with Gasteiger partial charge in [0.05, 0.1) is 23.9 Å². The van der Waals surface area contributed by atoms with E-state index in [0.29, 0.717) is 0 Å². The maximum absolute atomic E-state index is 9.88. The second-order valence-corrected chi connectivity index (χ2v) is 7.43. The number of aliphatic carboxylic acids is 8. The van der Waals surface area contributed by atoms with Crippen LogP contribution in [0.3, 0.4) is 0 Å². The van der Waals surface area contributed by atoms with Gasteiger partial charge >= 0.3 is 115 Å². The molecule has 0 radical (unpaired) electrons. The molecule has 0 amide bonds. The van der Waals surface area contributed by atoms with Crippen LogP contribution in [0.15, 0.2) is 0 Å². The van der Waals surface area contributed by atoms with E-state index < -0.39 is 71.9 Å². The van der Waals surface area contributed by atoms with Crippen molar-refractivity contribution in [3.8, 4) is 0 Å². The van der Waals surface area contributed by atoms with Gasteiger partial charge in [-0.05, 0) is 25.7 Å². The molecule has 0 spiro atoms. The molecule has 0 aromatic rings. The second kappa shape index (κ2) is 32.5. The molecule has 0 aromatic carbocycles. The summed E-state index contributed by atoms with van der Waals surface area (Å²) in [6.07, 6.45) is -1.31. The summed E-state index contributed by atoms with van der Waals surface area (Å²) in [6.45, 7) is 0. The van der Waals surface area contributed by atoms with E-state index in [0.717, 1.165) is 0 Å². The molecule has 20 nitrogen and oxygen atoms in total. The summed E-state index contributed by atoms with van der Waals surface area (Å²) in [6, 6.07) is -4.68. The molecule has 0 saturated heterocycles. The Morgan fingerprint density at radius 2 is 0.524 bits per heavy atom. The number of carboxylic acid groups (broad SMARTS) is 8. The van der Waals surface area contributed by atoms with Crippen molar-refractivity contribution in [1.82, 2.24) is 0 Å². The summed E-state index contributed by atoms with van der Waals surface area (Å²) in [4.78, 5) is 79.0. The van der Waals surface area contributed by atoms with Crippen molar-refractivity contribution in [1.29, 1.82) is 0 Å². The van der Waals surface area contributed by atoms with E-state index in [1.165, 1.54) is 0 Å². The van der Waals surface area contributed by atoms with Crippen molar-refractivity contribution in [2.75, 3.05) is 0 Å². The maximum Gasteiger partial charge on any atom is 2.00 e. The first kappa shape index (κ1) is 53.1. The smallest absolute Gasteiger partial charge is 0.548 e. The molecule has 0 aliphatic heterocycles. The molecule has 0 aliphatic carbocycles. The van der Waals surface area contributed by atoms with E-state index in [1.807, 2.05) is 0 Å². The summed E-state index contributed by atoms with van der Waals surface area (Å²) in [5, 5.41) is 71.8. The van der Waals surface area contributed by atoms with Crippen LogP contribution in [0.25, 0.3) is 0 Å². The van der Waals surface area contributed by atoms with Crippen molar-refractivity contribution in [3.63, 3.8) is 0 Å². The zero-order valence-corrected chi connectivity index (χ0v) is 29.3. The predicted octanol–water partition coefficient (Wildman–Crippen LogP) is -9.05. The summed E-state index contributed by atoms with van der Waals surface area (Å²) in [5.41, 5.74) is 19.8. The van der Waals surface area contributed by atoms with Crippen LogP contribution in [-0.4, -0.2) is 183 Å². The third-order valence-corrected chi connectivity index (χ3v) is 3.89. The van der Waals surface area contributed by atoms with Crippen molar-refractivity contribution < 1.29 is 79.2 Å². The van der Waals surface area contributed by atoms with Crippen LogP contribution in [0.2, 0.25) is 0 Å². The predicted molar refractivity (Wildman–Crippen MR) is 131 cm³/mol. The number of carbonyl (C=O) groups is 8. The van der Waals surface area contributed by atoms with Crippen LogP contribution in [0.4, 0.5) is 0 Å². The molecule has 42 heavy (non-hydrogen) atoms. The van der Waals surface area contributed by atoms with Crippen LogP contribution < -0.4 is 43.4 Å². The molecular weight excluding hydrogens is 727 g/mol.